The summed E-state index contributed by atoms with van der Waals surface area (Å²) in [7, 11) is 1.49. The minimum atomic E-state index is -0.580. The zero-order valence-electron chi connectivity index (χ0n) is 13.9. The molecule has 0 unspecified atom stereocenters. The van der Waals surface area contributed by atoms with Gasteiger partial charge >= 0.3 is 17.4 Å². The van der Waals surface area contributed by atoms with E-state index in [2.05, 4.69) is 9.97 Å². The minimum absolute atomic E-state index is 0.0585. The van der Waals surface area contributed by atoms with Gasteiger partial charge in [-0.05, 0) is 37.8 Å². The standard InChI is InChI=1S/C17H19N3O5/c1-23-13-9-5-6-10-14(13)25-17-15(20(21)22)16(18-11-19-17)24-12-7-3-2-4-8-12/h5-6,9-12H,2-4,7-8H2,1H3. The average molecular weight is 345 g/mol. The van der Waals surface area contributed by atoms with Crippen LogP contribution in [0.2, 0.25) is 0 Å². The Kier molecular flexibility index (Phi) is 5.27. The Labute approximate surface area is 144 Å². The molecular weight excluding hydrogens is 326 g/mol. The third kappa shape index (κ3) is 3.96. The number of aromatic nitrogens is 2. The first kappa shape index (κ1) is 16.9. The van der Waals surface area contributed by atoms with Gasteiger partial charge in [0, 0.05) is 0 Å². The maximum Gasteiger partial charge on any atom is 0.392 e. The van der Waals surface area contributed by atoms with Crippen molar-refractivity contribution in [2.24, 2.45) is 0 Å². The van der Waals surface area contributed by atoms with Gasteiger partial charge in [-0.15, -0.1) is 0 Å². The second kappa shape index (κ2) is 7.78. The van der Waals surface area contributed by atoms with Gasteiger partial charge < -0.3 is 14.2 Å². The molecule has 1 heterocycles. The number of hydrogen-bond acceptors (Lipinski definition) is 7. The third-order valence-corrected chi connectivity index (χ3v) is 4.04. The quantitative estimate of drug-likeness (QED) is 0.578. The average Bonchev–Trinajstić information content (AvgIpc) is 2.63. The molecule has 1 saturated carbocycles. The molecular formula is C17H19N3O5. The highest BCUT2D eigenvalue weighted by Crippen LogP contribution is 2.39. The predicted molar refractivity (Wildman–Crippen MR) is 89.3 cm³/mol. The van der Waals surface area contributed by atoms with E-state index in [1.165, 1.54) is 13.4 Å². The van der Waals surface area contributed by atoms with E-state index in [0.29, 0.717) is 11.5 Å². The highest BCUT2D eigenvalue weighted by molar-refractivity contribution is 5.52. The molecule has 1 aromatic carbocycles. The predicted octanol–water partition coefficient (Wildman–Crippen LogP) is 3.90. The summed E-state index contributed by atoms with van der Waals surface area (Å²) in [5.74, 6) is 0.549. The van der Waals surface area contributed by atoms with Crippen LogP contribution in [-0.4, -0.2) is 28.1 Å². The molecule has 0 spiro atoms. The van der Waals surface area contributed by atoms with Crippen LogP contribution in [0.3, 0.4) is 0 Å². The van der Waals surface area contributed by atoms with Crippen LogP contribution in [0.25, 0.3) is 0 Å². The fraction of sp³-hybridized carbons (Fsp3) is 0.412. The Balaban J connectivity index is 1.90. The van der Waals surface area contributed by atoms with E-state index in [-0.39, 0.29) is 23.6 Å². The minimum Gasteiger partial charge on any atom is -0.493 e. The van der Waals surface area contributed by atoms with Gasteiger partial charge in [0.05, 0.1) is 12.0 Å². The molecule has 8 nitrogen and oxygen atoms in total. The maximum atomic E-state index is 11.6. The van der Waals surface area contributed by atoms with Crippen molar-refractivity contribution >= 4 is 5.69 Å². The molecule has 0 aliphatic heterocycles. The van der Waals surface area contributed by atoms with Crippen LogP contribution in [0.1, 0.15) is 32.1 Å². The van der Waals surface area contributed by atoms with E-state index in [4.69, 9.17) is 14.2 Å². The van der Waals surface area contributed by atoms with Crippen LogP contribution in [0.5, 0.6) is 23.3 Å². The summed E-state index contributed by atoms with van der Waals surface area (Å²) in [5, 5.41) is 11.6. The van der Waals surface area contributed by atoms with Gasteiger partial charge in [0.15, 0.2) is 11.5 Å². The molecule has 8 heteroatoms. The van der Waals surface area contributed by atoms with Crippen molar-refractivity contribution in [3.05, 3.63) is 40.7 Å². The SMILES string of the molecule is COc1ccccc1Oc1ncnc(OC2CCCCC2)c1[N+](=O)[O-]. The number of nitrogens with zero attached hydrogens (tertiary/aromatic N) is 3. The molecule has 0 bridgehead atoms. The topological polar surface area (TPSA) is 96.6 Å². The lowest BCUT2D eigenvalue weighted by Crippen LogP contribution is -2.21. The Hall–Kier alpha value is -2.90. The van der Waals surface area contributed by atoms with E-state index in [1.54, 1.807) is 24.3 Å². The summed E-state index contributed by atoms with van der Waals surface area (Å²) >= 11 is 0. The van der Waals surface area contributed by atoms with Gasteiger partial charge in [-0.3, -0.25) is 10.1 Å². The van der Waals surface area contributed by atoms with Crippen LogP contribution in [0.15, 0.2) is 30.6 Å². The van der Waals surface area contributed by atoms with E-state index < -0.39 is 4.92 Å². The second-order valence-corrected chi connectivity index (χ2v) is 5.72. The van der Waals surface area contributed by atoms with Gasteiger partial charge in [-0.1, -0.05) is 18.6 Å². The molecule has 25 heavy (non-hydrogen) atoms. The third-order valence-electron chi connectivity index (χ3n) is 4.04. The van der Waals surface area contributed by atoms with Crippen LogP contribution < -0.4 is 14.2 Å². The molecule has 2 aromatic rings. The van der Waals surface area contributed by atoms with E-state index in [1.807, 2.05) is 0 Å². The molecule has 0 N–H and O–H groups in total. The fourth-order valence-electron chi connectivity index (χ4n) is 2.81. The summed E-state index contributed by atoms with van der Waals surface area (Å²) < 4.78 is 16.6. The number of hydrogen-bond donors (Lipinski definition) is 0. The van der Waals surface area contributed by atoms with Crippen molar-refractivity contribution in [3.63, 3.8) is 0 Å². The highest BCUT2D eigenvalue weighted by atomic mass is 16.6. The molecule has 1 fully saturated rings. The molecule has 1 aliphatic carbocycles. The van der Waals surface area contributed by atoms with Crippen molar-refractivity contribution in [2.45, 2.75) is 38.2 Å². The lowest BCUT2D eigenvalue weighted by Gasteiger charge is -2.22. The number of ether oxygens (including phenoxy) is 3. The van der Waals surface area contributed by atoms with Crippen molar-refractivity contribution in [1.82, 2.24) is 9.97 Å². The van der Waals surface area contributed by atoms with Gasteiger partial charge in [-0.2, -0.15) is 9.97 Å². The van der Waals surface area contributed by atoms with Crippen molar-refractivity contribution in [2.75, 3.05) is 7.11 Å². The van der Waals surface area contributed by atoms with Gasteiger partial charge in [0.2, 0.25) is 0 Å². The summed E-state index contributed by atoms with van der Waals surface area (Å²) in [4.78, 5) is 18.8. The maximum absolute atomic E-state index is 11.6. The van der Waals surface area contributed by atoms with Crippen LogP contribution in [0.4, 0.5) is 5.69 Å². The second-order valence-electron chi connectivity index (χ2n) is 5.72. The lowest BCUT2D eigenvalue weighted by atomic mass is 9.98. The first-order chi connectivity index (χ1) is 12.2. The summed E-state index contributed by atoms with van der Waals surface area (Å²) in [6.07, 6.45) is 6.13. The molecule has 0 radical (unpaired) electrons. The Morgan fingerprint density at radius 1 is 1.08 bits per heavy atom. The molecule has 0 saturated heterocycles. The molecule has 1 aromatic heterocycles. The zero-order valence-corrected chi connectivity index (χ0v) is 13.9. The van der Waals surface area contributed by atoms with Crippen molar-refractivity contribution in [1.29, 1.82) is 0 Å². The summed E-state index contributed by atoms with van der Waals surface area (Å²) in [6, 6.07) is 6.86. The zero-order chi connectivity index (χ0) is 17.6. The van der Waals surface area contributed by atoms with Crippen LogP contribution in [0, 0.1) is 10.1 Å². The first-order valence-corrected chi connectivity index (χ1v) is 8.16. The monoisotopic (exact) mass is 345 g/mol. The Morgan fingerprint density at radius 2 is 1.76 bits per heavy atom. The number of benzene rings is 1. The van der Waals surface area contributed by atoms with Crippen molar-refractivity contribution < 1.29 is 19.1 Å². The Bertz CT molecular complexity index is 747. The van der Waals surface area contributed by atoms with E-state index >= 15 is 0 Å². The highest BCUT2D eigenvalue weighted by Gasteiger charge is 2.29. The van der Waals surface area contributed by atoms with E-state index in [0.717, 1.165) is 32.1 Å². The fourth-order valence-corrected chi connectivity index (χ4v) is 2.81. The molecule has 0 amide bonds. The number of nitro groups is 1. The van der Waals surface area contributed by atoms with Gasteiger partial charge in [0.25, 0.3) is 0 Å². The van der Waals surface area contributed by atoms with Crippen LogP contribution in [-0.2, 0) is 0 Å². The van der Waals surface area contributed by atoms with E-state index in [9.17, 15) is 10.1 Å². The van der Waals surface area contributed by atoms with Gasteiger partial charge in [0.1, 0.15) is 12.4 Å². The smallest absolute Gasteiger partial charge is 0.392 e. The summed E-state index contributed by atoms with van der Waals surface area (Å²) in [5.41, 5.74) is -0.376. The number of rotatable bonds is 6. The largest absolute Gasteiger partial charge is 0.493 e. The van der Waals surface area contributed by atoms with Crippen molar-refractivity contribution in [3.8, 4) is 23.3 Å². The number of para-hydroxylation sites is 2. The molecule has 3 rings (SSSR count). The first-order valence-electron chi connectivity index (χ1n) is 8.16. The molecule has 132 valence electrons. The lowest BCUT2D eigenvalue weighted by molar-refractivity contribution is -0.387. The normalized spacial score (nSPS) is 14.8. The Morgan fingerprint density at radius 3 is 2.44 bits per heavy atom. The van der Waals surface area contributed by atoms with Crippen LogP contribution >= 0.6 is 0 Å². The molecule has 0 atom stereocenters. The summed E-state index contributed by atoms with van der Waals surface area (Å²) in [6.45, 7) is 0. The van der Waals surface area contributed by atoms with Gasteiger partial charge in [-0.25, -0.2) is 0 Å². The number of methoxy groups -OCH3 is 1. The molecule has 1 aliphatic rings.